The Kier molecular flexibility index (Phi) is 3.28. The maximum Gasteiger partial charge on any atom is 0.118 e. The van der Waals surface area contributed by atoms with Gasteiger partial charge in [0.2, 0.25) is 0 Å². The van der Waals surface area contributed by atoms with Gasteiger partial charge in [-0.1, -0.05) is 44.2 Å². The molecule has 2 aromatic rings. The van der Waals surface area contributed by atoms with E-state index in [4.69, 9.17) is 0 Å². The molecule has 2 aromatic carbocycles. The van der Waals surface area contributed by atoms with E-state index >= 15 is 0 Å². The Morgan fingerprint density at radius 2 is 1.50 bits per heavy atom. The third-order valence-corrected chi connectivity index (χ3v) is 3.27. The first-order chi connectivity index (χ1) is 8.49. The lowest BCUT2D eigenvalue weighted by molar-refractivity contribution is 0.449. The highest BCUT2D eigenvalue weighted by molar-refractivity contribution is 5.37. The summed E-state index contributed by atoms with van der Waals surface area (Å²) in [5.41, 5.74) is 1.99. The van der Waals surface area contributed by atoms with E-state index in [0.29, 0.717) is 5.75 Å². The molecule has 0 aliphatic rings. The van der Waals surface area contributed by atoms with Crippen molar-refractivity contribution in [2.24, 2.45) is 0 Å². The highest BCUT2D eigenvalue weighted by atomic mass is 16.3. The highest BCUT2D eigenvalue weighted by Gasteiger charge is 2.22. The minimum Gasteiger partial charge on any atom is -0.508 e. The summed E-state index contributed by atoms with van der Waals surface area (Å²) in [6.07, 6.45) is 0.754. The fourth-order valence-electron chi connectivity index (χ4n) is 2.15. The van der Waals surface area contributed by atoms with Crippen molar-refractivity contribution in [2.45, 2.75) is 25.7 Å². The Morgan fingerprint density at radius 1 is 0.889 bits per heavy atom. The maximum absolute atomic E-state index is 9.82. The van der Waals surface area contributed by atoms with Crippen LogP contribution < -0.4 is 0 Å². The summed E-state index contributed by atoms with van der Waals surface area (Å²) in [6.45, 7) is 4.26. The lowest BCUT2D eigenvalue weighted by atomic mass is 9.79. The van der Waals surface area contributed by atoms with Gasteiger partial charge in [-0.05, 0) is 41.2 Å². The Morgan fingerprint density at radius 3 is 2.11 bits per heavy atom. The molecular weight excluding hydrogens is 224 g/mol. The van der Waals surface area contributed by atoms with Crippen molar-refractivity contribution in [3.63, 3.8) is 0 Å². The van der Waals surface area contributed by atoms with Crippen molar-refractivity contribution in [3.8, 4) is 11.5 Å². The molecule has 0 saturated carbocycles. The molecule has 0 spiro atoms. The fourth-order valence-corrected chi connectivity index (χ4v) is 2.15. The van der Waals surface area contributed by atoms with Gasteiger partial charge in [-0.25, -0.2) is 0 Å². The third kappa shape index (κ3) is 2.65. The van der Waals surface area contributed by atoms with Crippen molar-refractivity contribution in [1.29, 1.82) is 0 Å². The van der Waals surface area contributed by atoms with Crippen molar-refractivity contribution < 1.29 is 10.2 Å². The summed E-state index contributed by atoms with van der Waals surface area (Å²) in [5.74, 6) is 0.612. The van der Waals surface area contributed by atoms with Crippen LogP contribution in [0.1, 0.15) is 25.0 Å². The summed E-state index contributed by atoms with van der Waals surface area (Å²) in [5, 5.41) is 19.1. The van der Waals surface area contributed by atoms with Crippen molar-refractivity contribution in [3.05, 3.63) is 59.7 Å². The van der Waals surface area contributed by atoms with Gasteiger partial charge in [0.05, 0.1) is 0 Å². The summed E-state index contributed by atoms with van der Waals surface area (Å²) in [7, 11) is 0. The average Bonchev–Trinajstić information content (AvgIpc) is 2.32. The van der Waals surface area contributed by atoms with Crippen LogP contribution in [0.15, 0.2) is 48.5 Å². The second-order valence-corrected chi connectivity index (χ2v) is 5.24. The SMILES string of the molecule is CC(C)(Cc1ccccc1O)c1ccc(O)cc1. The molecule has 0 atom stereocenters. The van der Waals surface area contributed by atoms with E-state index in [1.165, 1.54) is 0 Å². The average molecular weight is 242 g/mol. The van der Waals surface area contributed by atoms with Crippen LogP contribution in [0.25, 0.3) is 0 Å². The zero-order valence-electron chi connectivity index (χ0n) is 10.7. The summed E-state index contributed by atoms with van der Waals surface area (Å²) in [4.78, 5) is 0. The monoisotopic (exact) mass is 242 g/mol. The number of benzene rings is 2. The molecule has 2 N–H and O–H groups in total. The first-order valence-corrected chi connectivity index (χ1v) is 6.05. The van der Waals surface area contributed by atoms with E-state index in [2.05, 4.69) is 13.8 Å². The van der Waals surface area contributed by atoms with E-state index in [1.54, 1.807) is 18.2 Å². The van der Waals surface area contributed by atoms with Crippen LogP contribution in [0.2, 0.25) is 0 Å². The number of aromatic hydroxyl groups is 2. The lowest BCUT2D eigenvalue weighted by Crippen LogP contribution is -2.20. The van der Waals surface area contributed by atoms with Gasteiger partial charge >= 0.3 is 0 Å². The van der Waals surface area contributed by atoms with Gasteiger partial charge in [0.15, 0.2) is 0 Å². The standard InChI is InChI=1S/C16H18O2/c1-16(2,13-7-9-14(17)10-8-13)11-12-5-3-4-6-15(12)18/h3-10,17-18H,11H2,1-2H3. The molecule has 0 saturated heterocycles. The van der Waals surface area contributed by atoms with Gasteiger partial charge < -0.3 is 10.2 Å². The largest absolute Gasteiger partial charge is 0.508 e. The maximum atomic E-state index is 9.82. The number of hydrogen-bond acceptors (Lipinski definition) is 2. The smallest absolute Gasteiger partial charge is 0.118 e. The van der Waals surface area contributed by atoms with E-state index < -0.39 is 0 Å². The van der Waals surface area contributed by atoms with Crippen LogP contribution in [0.3, 0.4) is 0 Å². The van der Waals surface area contributed by atoms with E-state index in [9.17, 15) is 10.2 Å². The van der Waals surface area contributed by atoms with Crippen LogP contribution in [0.4, 0.5) is 0 Å². The first-order valence-electron chi connectivity index (χ1n) is 6.05. The van der Waals surface area contributed by atoms with E-state index in [1.807, 2.05) is 30.3 Å². The summed E-state index contributed by atoms with van der Waals surface area (Å²) < 4.78 is 0. The zero-order chi connectivity index (χ0) is 13.2. The molecule has 0 bridgehead atoms. The Bertz CT molecular complexity index is 527. The van der Waals surface area contributed by atoms with Crippen LogP contribution in [-0.4, -0.2) is 10.2 Å². The quantitative estimate of drug-likeness (QED) is 0.863. The summed E-state index contributed by atoms with van der Waals surface area (Å²) in [6, 6.07) is 14.7. The predicted octanol–water partition coefficient (Wildman–Crippen LogP) is 3.62. The molecule has 94 valence electrons. The number of para-hydroxylation sites is 1. The topological polar surface area (TPSA) is 40.5 Å². The van der Waals surface area contributed by atoms with Crippen molar-refractivity contribution >= 4 is 0 Å². The number of phenols is 2. The summed E-state index contributed by atoms with van der Waals surface area (Å²) >= 11 is 0. The third-order valence-electron chi connectivity index (χ3n) is 3.27. The first kappa shape index (κ1) is 12.5. The molecule has 0 aliphatic heterocycles. The minimum atomic E-state index is -0.0907. The molecule has 0 fully saturated rings. The van der Waals surface area contributed by atoms with E-state index in [-0.39, 0.29) is 11.2 Å². The fraction of sp³-hybridized carbons (Fsp3) is 0.250. The highest BCUT2D eigenvalue weighted by Crippen LogP contribution is 2.31. The molecule has 0 unspecified atom stereocenters. The second kappa shape index (κ2) is 4.73. The molecule has 2 nitrogen and oxygen atoms in total. The molecular formula is C16H18O2. The minimum absolute atomic E-state index is 0.0907. The molecule has 0 heterocycles. The van der Waals surface area contributed by atoms with Gasteiger partial charge in [0, 0.05) is 0 Å². The molecule has 0 amide bonds. The van der Waals surface area contributed by atoms with Gasteiger partial charge in [-0.3, -0.25) is 0 Å². The molecule has 0 aromatic heterocycles. The Labute approximate surface area is 108 Å². The Hall–Kier alpha value is -1.96. The predicted molar refractivity (Wildman–Crippen MR) is 72.9 cm³/mol. The van der Waals surface area contributed by atoms with Crippen LogP contribution in [-0.2, 0) is 11.8 Å². The molecule has 18 heavy (non-hydrogen) atoms. The lowest BCUT2D eigenvalue weighted by Gasteiger charge is -2.26. The van der Waals surface area contributed by atoms with Crippen LogP contribution >= 0.6 is 0 Å². The van der Waals surface area contributed by atoms with Crippen LogP contribution in [0.5, 0.6) is 11.5 Å². The molecule has 2 rings (SSSR count). The molecule has 0 aliphatic carbocycles. The van der Waals surface area contributed by atoms with Gasteiger partial charge in [-0.15, -0.1) is 0 Å². The number of hydrogen-bond donors (Lipinski definition) is 2. The second-order valence-electron chi connectivity index (χ2n) is 5.24. The van der Waals surface area contributed by atoms with E-state index in [0.717, 1.165) is 17.5 Å². The normalized spacial score (nSPS) is 11.4. The van der Waals surface area contributed by atoms with Gasteiger partial charge in [-0.2, -0.15) is 0 Å². The van der Waals surface area contributed by atoms with Gasteiger partial charge in [0.25, 0.3) is 0 Å². The van der Waals surface area contributed by atoms with Gasteiger partial charge in [0.1, 0.15) is 11.5 Å². The van der Waals surface area contributed by atoms with Crippen LogP contribution in [0, 0.1) is 0 Å². The Balaban J connectivity index is 2.27. The van der Waals surface area contributed by atoms with Crippen molar-refractivity contribution in [2.75, 3.05) is 0 Å². The van der Waals surface area contributed by atoms with Crippen molar-refractivity contribution in [1.82, 2.24) is 0 Å². The zero-order valence-corrected chi connectivity index (χ0v) is 10.7. The molecule has 0 radical (unpaired) electrons. The molecule has 2 heteroatoms. The number of phenolic OH excluding ortho intramolecular Hbond substituents is 2. The number of rotatable bonds is 3.